The van der Waals surface area contributed by atoms with Gasteiger partial charge in [-0.05, 0) is 35.9 Å². The number of anilines is 3. The Morgan fingerprint density at radius 2 is 2.03 bits per heavy atom. The number of ether oxygens (including phenoxy) is 2. The minimum absolute atomic E-state index is 0.115. The van der Waals surface area contributed by atoms with E-state index in [0.717, 1.165) is 21.3 Å². The molecule has 10 heteroatoms. The molecule has 1 aromatic heterocycles. The normalized spacial score (nSPS) is 12.5. The van der Waals surface area contributed by atoms with Crippen LogP contribution in [0.25, 0.3) is 0 Å². The summed E-state index contributed by atoms with van der Waals surface area (Å²) in [7, 11) is 0. The minimum Gasteiger partial charge on any atom is -0.486 e. The molecule has 2 heterocycles. The minimum atomic E-state index is -0.115. The molecule has 2 aromatic carbocycles. The highest BCUT2D eigenvalue weighted by atomic mass is 35.5. The van der Waals surface area contributed by atoms with Gasteiger partial charge in [0.25, 0.3) is 0 Å². The molecule has 2 N–H and O–H groups in total. The van der Waals surface area contributed by atoms with Crippen LogP contribution in [0.2, 0.25) is 5.02 Å². The summed E-state index contributed by atoms with van der Waals surface area (Å²) in [6.45, 7) is 2.51. The van der Waals surface area contributed by atoms with Gasteiger partial charge in [-0.3, -0.25) is 4.79 Å². The van der Waals surface area contributed by atoms with E-state index in [0.29, 0.717) is 40.6 Å². The monoisotopic (exact) mass is 448 g/mol. The van der Waals surface area contributed by atoms with E-state index in [9.17, 15) is 4.79 Å². The fourth-order valence-electron chi connectivity index (χ4n) is 2.71. The largest absolute Gasteiger partial charge is 0.486 e. The van der Waals surface area contributed by atoms with Crippen LogP contribution in [0.4, 0.5) is 16.5 Å². The zero-order valence-electron chi connectivity index (χ0n) is 15.4. The van der Waals surface area contributed by atoms with Gasteiger partial charge in [-0.15, -0.1) is 10.2 Å². The first kappa shape index (κ1) is 19.8. The number of nitrogens with one attached hydrogen (secondary N) is 2. The smallest absolute Gasteiger partial charge is 0.221 e. The van der Waals surface area contributed by atoms with Gasteiger partial charge in [-0.25, -0.2) is 0 Å². The van der Waals surface area contributed by atoms with Crippen LogP contribution in [-0.4, -0.2) is 29.3 Å². The number of hydrogen-bond acceptors (Lipinski definition) is 8. The number of thioether (sulfide) groups is 1. The maximum Gasteiger partial charge on any atom is 0.221 e. The number of halogens is 1. The van der Waals surface area contributed by atoms with Gasteiger partial charge >= 0.3 is 0 Å². The van der Waals surface area contributed by atoms with Gasteiger partial charge < -0.3 is 20.1 Å². The van der Waals surface area contributed by atoms with E-state index < -0.39 is 0 Å². The summed E-state index contributed by atoms with van der Waals surface area (Å²) in [6, 6.07) is 11.3. The highest BCUT2D eigenvalue weighted by Gasteiger charge is 2.17. The zero-order chi connectivity index (χ0) is 20.2. The second-order valence-electron chi connectivity index (χ2n) is 6.15. The summed E-state index contributed by atoms with van der Waals surface area (Å²) in [5, 5.41) is 15.6. The lowest BCUT2D eigenvalue weighted by Gasteiger charge is -2.20. The molecule has 0 bridgehead atoms. The number of carbonyl (C=O) groups is 1. The second-order valence-corrected chi connectivity index (χ2v) is 8.76. The molecule has 0 fully saturated rings. The van der Waals surface area contributed by atoms with Gasteiger partial charge in [0, 0.05) is 24.1 Å². The van der Waals surface area contributed by atoms with Crippen LogP contribution in [0.3, 0.4) is 0 Å². The highest BCUT2D eigenvalue weighted by molar-refractivity contribution is 8.00. The van der Waals surface area contributed by atoms with Crippen LogP contribution in [0.15, 0.2) is 40.7 Å². The molecule has 0 aliphatic carbocycles. The van der Waals surface area contributed by atoms with Crippen molar-refractivity contribution >= 4 is 57.1 Å². The van der Waals surface area contributed by atoms with Gasteiger partial charge in [-0.1, -0.05) is 40.8 Å². The number of fused-ring (bicyclic) bond motifs is 1. The van der Waals surface area contributed by atoms with Crippen LogP contribution < -0.4 is 20.1 Å². The number of amides is 1. The number of carbonyl (C=O) groups excluding carboxylic acids is 1. The first-order valence-corrected chi connectivity index (χ1v) is 10.9. The fourth-order valence-corrected chi connectivity index (χ4v) is 4.70. The van der Waals surface area contributed by atoms with E-state index in [1.165, 1.54) is 18.3 Å². The van der Waals surface area contributed by atoms with E-state index in [2.05, 4.69) is 20.8 Å². The summed E-state index contributed by atoms with van der Waals surface area (Å²) in [5.74, 6) is 1.85. The molecule has 0 radical (unpaired) electrons. The van der Waals surface area contributed by atoms with Crippen LogP contribution in [-0.2, 0) is 10.5 Å². The maximum atomic E-state index is 11.2. The average molecular weight is 449 g/mol. The van der Waals surface area contributed by atoms with E-state index in [1.54, 1.807) is 11.8 Å². The third-order valence-corrected chi connectivity index (χ3v) is 6.18. The molecular weight excluding hydrogens is 432 g/mol. The number of rotatable bonds is 6. The molecule has 3 aromatic rings. The average Bonchev–Trinajstić information content (AvgIpc) is 3.13. The van der Waals surface area contributed by atoms with Crippen molar-refractivity contribution < 1.29 is 14.3 Å². The Morgan fingerprint density at radius 3 is 2.90 bits per heavy atom. The van der Waals surface area contributed by atoms with Crippen LogP contribution in [0, 0.1) is 0 Å². The van der Waals surface area contributed by atoms with E-state index >= 15 is 0 Å². The van der Waals surface area contributed by atoms with Crippen molar-refractivity contribution in [3.8, 4) is 11.5 Å². The standard InChI is InChI=1S/C19H17ClN4O3S2/c1-11(25)21-13-3-2-4-14(9-13)22-18-23-24-19(29-18)28-10-12-7-15(20)17-16(8-12)26-5-6-27-17/h2-4,7-9H,5-6,10H2,1H3,(H,21,25)(H,22,23). The molecule has 4 rings (SSSR count). The highest BCUT2D eigenvalue weighted by Crippen LogP contribution is 2.40. The Hall–Kier alpha value is -2.49. The Kier molecular flexibility index (Phi) is 6.08. The van der Waals surface area contributed by atoms with Crippen LogP contribution >= 0.6 is 34.7 Å². The van der Waals surface area contributed by atoms with Gasteiger partial charge in [0.1, 0.15) is 13.2 Å². The molecule has 0 atom stereocenters. The summed E-state index contributed by atoms with van der Waals surface area (Å²) in [4.78, 5) is 11.2. The summed E-state index contributed by atoms with van der Waals surface area (Å²) in [6.07, 6.45) is 0. The lowest BCUT2D eigenvalue weighted by atomic mass is 10.2. The Balaban J connectivity index is 1.39. The van der Waals surface area contributed by atoms with Crippen molar-refractivity contribution in [3.63, 3.8) is 0 Å². The number of aromatic nitrogens is 2. The third kappa shape index (κ3) is 5.11. The first-order valence-electron chi connectivity index (χ1n) is 8.76. The maximum absolute atomic E-state index is 11.2. The molecule has 0 unspecified atom stereocenters. The van der Waals surface area contributed by atoms with E-state index in [1.807, 2.05) is 36.4 Å². The molecule has 29 heavy (non-hydrogen) atoms. The van der Waals surface area contributed by atoms with Crippen LogP contribution in [0.1, 0.15) is 12.5 Å². The molecule has 0 spiro atoms. The Morgan fingerprint density at radius 1 is 1.21 bits per heavy atom. The van der Waals surface area contributed by atoms with Crippen molar-refractivity contribution in [2.24, 2.45) is 0 Å². The summed E-state index contributed by atoms with van der Waals surface area (Å²) < 4.78 is 12.0. The molecule has 150 valence electrons. The third-order valence-electron chi connectivity index (χ3n) is 3.86. The lowest BCUT2D eigenvalue weighted by Crippen LogP contribution is -2.15. The Bertz CT molecular complexity index is 1040. The van der Waals surface area contributed by atoms with Crippen molar-refractivity contribution in [3.05, 3.63) is 47.0 Å². The molecule has 0 saturated carbocycles. The second kappa shape index (κ2) is 8.89. The fraction of sp³-hybridized carbons (Fsp3) is 0.211. The van der Waals surface area contributed by atoms with Gasteiger partial charge in [0.05, 0.1) is 5.02 Å². The van der Waals surface area contributed by atoms with Crippen molar-refractivity contribution in [1.29, 1.82) is 0 Å². The quantitative estimate of drug-likeness (QED) is 0.515. The molecule has 1 amide bonds. The van der Waals surface area contributed by atoms with Gasteiger partial charge in [0.2, 0.25) is 11.0 Å². The van der Waals surface area contributed by atoms with Crippen molar-refractivity contribution in [2.75, 3.05) is 23.8 Å². The predicted octanol–water partition coefficient (Wildman–Crippen LogP) is 4.96. The molecule has 0 saturated heterocycles. The predicted molar refractivity (Wildman–Crippen MR) is 116 cm³/mol. The molecular formula is C19H17ClN4O3S2. The van der Waals surface area contributed by atoms with Crippen LogP contribution in [0.5, 0.6) is 11.5 Å². The van der Waals surface area contributed by atoms with Gasteiger partial charge in [-0.2, -0.15) is 0 Å². The number of benzene rings is 2. The summed E-state index contributed by atoms with van der Waals surface area (Å²) in [5.41, 5.74) is 2.57. The van der Waals surface area contributed by atoms with E-state index in [-0.39, 0.29) is 5.91 Å². The zero-order valence-corrected chi connectivity index (χ0v) is 17.8. The molecule has 1 aliphatic rings. The number of hydrogen-bond donors (Lipinski definition) is 2. The number of nitrogens with zero attached hydrogens (tertiary/aromatic N) is 2. The molecule has 1 aliphatic heterocycles. The van der Waals surface area contributed by atoms with Crippen molar-refractivity contribution in [1.82, 2.24) is 10.2 Å². The van der Waals surface area contributed by atoms with E-state index in [4.69, 9.17) is 21.1 Å². The topological polar surface area (TPSA) is 85.4 Å². The van der Waals surface area contributed by atoms with Crippen molar-refractivity contribution in [2.45, 2.75) is 17.0 Å². The SMILES string of the molecule is CC(=O)Nc1cccc(Nc2nnc(SCc3cc(Cl)c4c(c3)OCCO4)s2)c1. The lowest BCUT2D eigenvalue weighted by molar-refractivity contribution is -0.114. The molecule has 7 nitrogen and oxygen atoms in total. The summed E-state index contributed by atoms with van der Waals surface area (Å²) >= 11 is 9.31. The first-order chi connectivity index (χ1) is 14.1. The Labute approximate surface area is 180 Å². The van der Waals surface area contributed by atoms with Gasteiger partial charge in [0.15, 0.2) is 15.8 Å².